The molecule has 0 N–H and O–H groups in total. The van der Waals surface area contributed by atoms with E-state index in [1.807, 2.05) is 18.7 Å². The zero-order valence-electron chi connectivity index (χ0n) is 14.0. The third-order valence-corrected chi connectivity index (χ3v) is 4.98. The molecule has 0 radical (unpaired) electrons. The Morgan fingerprint density at radius 3 is 2.52 bits per heavy atom. The van der Waals surface area contributed by atoms with Gasteiger partial charge in [0.05, 0.1) is 22.7 Å². The average molecular weight is 374 g/mol. The van der Waals surface area contributed by atoms with Crippen molar-refractivity contribution >= 4 is 23.2 Å². The number of halogens is 4. The molecule has 2 aromatic rings. The van der Waals surface area contributed by atoms with Gasteiger partial charge in [0.15, 0.2) is 5.65 Å². The Morgan fingerprint density at radius 1 is 1.28 bits per heavy atom. The first-order chi connectivity index (χ1) is 11.7. The summed E-state index contributed by atoms with van der Waals surface area (Å²) in [5.74, 6) is -0.0599. The van der Waals surface area contributed by atoms with Crippen molar-refractivity contribution < 1.29 is 18.0 Å². The lowest BCUT2D eigenvalue weighted by Gasteiger charge is -2.39. The number of nitrogens with zero attached hydrogens (tertiary/aromatic N) is 3. The molecular formula is C17H19ClF3N3O. The number of pyridine rings is 1. The summed E-state index contributed by atoms with van der Waals surface area (Å²) in [6, 6.07) is 1.17. The van der Waals surface area contributed by atoms with Crippen LogP contribution >= 0.6 is 11.6 Å². The van der Waals surface area contributed by atoms with E-state index in [1.54, 1.807) is 0 Å². The summed E-state index contributed by atoms with van der Waals surface area (Å²) in [7, 11) is 0. The number of amides is 1. The van der Waals surface area contributed by atoms with Crippen molar-refractivity contribution in [3.05, 3.63) is 34.7 Å². The van der Waals surface area contributed by atoms with Gasteiger partial charge in [0.1, 0.15) is 0 Å². The van der Waals surface area contributed by atoms with E-state index in [1.165, 1.54) is 10.6 Å². The van der Waals surface area contributed by atoms with Crippen molar-refractivity contribution in [2.24, 2.45) is 0 Å². The molecule has 0 aliphatic carbocycles. The molecule has 4 nitrogen and oxygen atoms in total. The van der Waals surface area contributed by atoms with E-state index in [9.17, 15) is 18.0 Å². The number of imidazole rings is 1. The van der Waals surface area contributed by atoms with E-state index >= 15 is 0 Å². The number of carbonyl (C=O) groups is 1. The molecule has 2 atom stereocenters. The smallest absolute Gasteiger partial charge is 0.337 e. The minimum atomic E-state index is -4.49. The fourth-order valence-electron chi connectivity index (χ4n) is 3.51. The molecule has 3 rings (SSSR count). The van der Waals surface area contributed by atoms with Gasteiger partial charge in [0.2, 0.25) is 5.91 Å². The summed E-state index contributed by atoms with van der Waals surface area (Å²) in [4.78, 5) is 18.7. The van der Waals surface area contributed by atoms with Crippen LogP contribution in [0.3, 0.4) is 0 Å². The first kappa shape index (κ1) is 18.0. The van der Waals surface area contributed by atoms with E-state index in [2.05, 4.69) is 4.98 Å². The number of likely N-dealkylation sites (tertiary alicyclic amines) is 1. The summed E-state index contributed by atoms with van der Waals surface area (Å²) in [5, 5.41) is -0.0896. The molecule has 1 amide bonds. The number of carbonyl (C=O) groups excluding carboxylic acids is 1. The zero-order valence-corrected chi connectivity index (χ0v) is 14.7. The SMILES string of the molecule is CC1CCCC(C)N1C(=O)Cc1cn2cc(C(F)(F)F)cc(Cl)c2n1. The Morgan fingerprint density at radius 2 is 1.92 bits per heavy atom. The highest BCUT2D eigenvalue weighted by atomic mass is 35.5. The van der Waals surface area contributed by atoms with Crippen LogP contribution in [0.5, 0.6) is 0 Å². The third-order valence-electron chi connectivity index (χ3n) is 4.70. The summed E-state index contributed by atoms with van der Waals surface area (Å²) >= 11 is 5.93. The molecule has 25 heavy (non-hydrogen) atoms. The van der Waals surface area contributed by atoms with Gasteiger partial charge >= 0.3 is 6.18 Å². The van der Waals surface area contributed by atoms with E-state index in [4.69, 9.17) is 11.6 Å². The van der Waals surface area contributed by atoms with Crippen molar-refractivity contribution in [1.82, 2.24) is 14.3 Å². The van der Waals surface area contributed by atoms with E-state index in [-0.39, 0.29) is 35.1 Å². The van der Waals surface area contributed by atoms with Gasteiger partial charge in [-0.3, -0.25) is 4.79 Å². The number of piperidine rings is 1. The molecular weight excluding hydrogens is 355 g/mol. The highest BCUT2D eigenvalue weighted by molar-refractivity contribution is 6.33. The quantitative estimate of drug-likeness (QED) is 0.785. The lowest BCUT2D eigenvalue weighted by atomic mass is 9.97. The standard InChI is InChI=1S/C17H19ClF3N3O/c1-10-4-3-5-11(2)24(10)15(25)7-13-9-23-8-12(17(19,20)21)6-14(18)16(23)22-13/h6,8-11H,3-5,7H2,1-2H3. The molecule has 1 saturated heterocycles. The number of fused-ring (bicyclic) bond motifs is 1. The molecule has 2 unspecified atom stereocenters. The first-order valence-corrected chi connectivity index (χ1v) is 8.60. The van der Waals surface area contributed by atoms with Crippen LogP contribution in [0.4, 0.5) is 13.2 Å². The van der Waals surface area contributed by atoms with Crippen LogP contribution in [0.15, 0.2) is 18.5 Å². The number of aromatic nitrogens is 2. The number of hydrogen-bond acceptors (Lipinski definition) is 2. The number of rotatable bonds is 2. The van der Waals surface area contributed by atoms with Crippen LogP contribution in [-0.2, 0) is 17.4 Å². The fourth-order valence-corrected chi connectivity index (χ4v) is 3.76. The van der Waals surface area contributed by atoms with Crippen LogP contribution in [0.1, 0.15) is 44.4 Å². The maximum absolute atomic E-state index is 12.9. The van der Waals surface area contributed by atoms with Crippen molar-refractivity contribution in [3.8, 4) is 0 Å². The van der Waals surface area contributed by atoms with E-state index < -0.39 is 11.7 Å². The monoisotopic (exact) mass is 373 g/mol. The van der Waals surface area contributed by atoms with Gasteiger partial charge in [-0.1, -0.05) is 11.6 Å². The van der Waals surface area contributed by atoms with Crippen molar-refractivity contribution in [1.29, 1.82) is 0 Å². The molecule has 8 heteroatoms. The van der Waals surface area contributed by atoms with Gasteiger partial charge in [0, 0.05) is 24.5 Å². The molecule has 1 fully saturated rings. The summed E-state index contributed by atoms with van der Waals surface area (Å²) in [6.07, 6.45) is 0.951. The maximum Gasteiger partial charge on any atom is 0.417 e. The first-order valence-electron chi connectivity index (χ1n) is 8.22. The molecule has 1 aliphatic heterocycles. The van der Waals surface area contributed by atoms with Gasteiger partial charge in [-0.05, 0) is 39.2 Å². The van der Waals surface area contributed by atoms with Gasteiger partial charge in [-0.25, -0.2) is 4.98 Å². The normalized spacial score (nSPS) is 21.8. The molecule has 0 spiro atoms. The Hall–Kier alpha value is -1.76. The second-order valence-electron chi connectivity index (χ2n) is 6.64. The largest absolute Gasteiger partial charge is 0.417 e. The Labute approximate surface area is 148 Å². The molecule has 0 saturated carbocycles. The summed E-state index contributed by atoms with van der Waals surface area (Å²) < 4.78 is 39.9. The molecule has 0 aromatic carbocycles. The van der Waals surface area contributed by atoms with Crippen LogP contribution in [-0.4, -0.2) is 32.3 Å². The van der Waals surface area contributed by atoms with Crippen LogP contribution in [0.25, 0.3) is 5.65 Å². The number of hydrogen-bond donors (Lipinski definition) is 0. The molecule has 2 aromatic heterocycles. The molecule has 3 heterocycles. The topological polar surface area (TPSA) is 37.6 Å². The second-order valence-corrected chi connectivity index (χ2v) is 7.05. The van der Waals surface area contributed by atoms with Crippen molar-refractivity contribution in [2.45, 2.75) is 57.8 Å². The third kappa shape index (κ3) is 3.61. The lowest BCUT2D eigenvalue weighted by Crippen LogP contribution is -2.48. The van der Waals surface area contributed by atoms with Crippen LogP contribution in [0.2, 0.25) is 5.02 Å². The van der Waals surface area contributed by atoms with Crippen molar-refractivity contribution in [2.75, 3.05) is 0 Å². The van der Waals surface area contributed by atoms with Gasteiger partial charge < -0.3 is 9.30 Å². The minimum Gasteiger partial charge on any atom is -0.337 e. The van der Waals surface area contributed by atoms with E-state index in [0.717, 1.165) is 31.5 Å². The fraction of sp³-hybridized carbons (Fsp3) is 0.529. The maximum atomic E-state index is 12.9. The predicted molar refractivity (Wildman–Crippen MR) is 88.5 cm³/mol. The molecule has 0 bridgehead atoms. The summed E-state index contributed by atoms with van der Waals surface area (Å²) in [6.45, 7) is 4.04. The van der Waals surface area contributed by atoms with Crippen LogP contribution in [0, 0.1) is 0 Å². The van der Waals surface area contributed by atoms with Gasteiger partial charge in [-0.15, -0.1) is 0 Å². The molecule has 1 aliphatic rings. The van der Waals surface area contributed by atoms with Gasteiger partial charge in [-0.2, -0.15) is 13.2 Å². The minimum absolute atomic E-state index is 0.0496. The highest BCUT2D eigenvalue weighted by Crippen LogP contribution is 2.32. The second kappa shape index (κ2) is 6.52. The Bertz CT molecular complexity index is 792. The van der Waals surface area contributed by atoms with Crippen LogP contribution < -0.4 is 0 Å². The van der Waals surface area contributed by atoms with Gasteiger partial charge in [0.25, 0.3) is 0 Å². The van der Waals surface area contributed by atoms with Crippen molar-refractivity contribution in [3.63, 3.8) is 0 Å². The van der Waals surface area contributed by atoms with E-state index in [0.29, 0.717) is 5.69 Å². The highest BCUT2D eigenvalue weighted by Gasteiger charge is 2.32. The number of alkyl halides is 3. The Balaban J connectivity index is 1.87. The molecule has 136 valence electrons. The average Bonchev–Trinajstić information content (AvgIpc) is 2.89. The Kier molecular flexibility index (Phi) is 4.70. The predicted octanol–water partition coefficient (Wildman–Crippen LogP) is 4.34. The zero-order chi connectivity index (χ0) is 18.4. The lowest BCUT2D eigenvalue weighted by molar-refractivity contribution is -0.138. The summed E-state index contributed by atoms with van der Waals surface area (Å²) in [5.41, 5.74) is -0.216.